The normalized spacial score (nSPS) is 20.9. The molecule has 1 heterocycles. The molecule has 0 saturated carbocycles. The van der Waals surface area contributed by atoms with Crippen LogP contribution in [-0.2, 0) is 24.3 Å². The summed E-state index contributed by atoms with van der Waals surface area (Å²) in [7, 11) is -7.72. The molecule has 1 aliphatic rings. The van der Waals surface area contributed by atoms with Crippen LogP contribution in [0.1, 0.15) is 37.3 Å². The Morgan fingerprint density at radius 3 is 1.97 bits per heavy atom. The highest BCUT2D eigenvalue weighted by atomic mass is 32.2. The van der Waals surface area contributed by atoms with Crippen molar-refractivity contribution in [3.63, 3.8) is 0 Å². The van der Waals surface area contributed by atoms with Gasteiger partial charge in [0.05, 0.1) is 22.4 Å². The fourth-order valence-electron chi connectivity index (χ4n) is 3.87. The number of nitrogens with zero attached hydrogens (tertiary/aromatic N) is 1. The first-order chi connectivity index (χ1) is 14.1. The molecular formula is C22H29NO5S2. The van der Waals surface area contributed by atoms with Gasteiger partial charge in [-0.2, -0.15) is 12.7 Å². The topological polar surface area (TPSA) is 80.8 Å². The second-order valence-corrected chi connectivity index (χ2v) is 11.4. The van der Waals surface area contributed by atoms with Gasteiger partial charge in [-0.05, 0) is 56.9 Å². The average Bonchev–Trinajstić information content (AvgIpc) is 2.72. The third-order valence-corrected chi connectivity index (χ3v) is 8.96. The molecule has 0 aliphatic carbocycles. The van der Waals surface area contributed by atoms with Crippen LogP contribution in [0.2, 0.25) is 0 Å². The highest BCUT2D eigenvalue weighted by Crippen LogP contribution is 2.32. The number of hydrogen-bond donors (Lipinski definition) is 0. The largest absolute Gasteiger partial charge is 0.297 e. The molecule has 2 aromatic rings. The van der Waals surface area contributed by atoms with E-state index in [0.29, 0.717) is 6.54 Å². The Balaban J connectivity index is 1.86. The number of piperidine rings is 1. The summed E-state index contributed by atoms with van der Waals surface area (Å²) >= 11 is 0. The van der Waals surface area contributed by atoms with Crippen LogP contribution >= 0.6 is 0 Å². The van der Waals surface area contributed by atoms with Gasteiger partial charge in [-0.25, -0.2) is 8.42 Å². The molecule has 0 spiro atoms. The maximum atomic E-state index is 13.3. The van der Waals surface area contributed by atoms with Crippen LogP contribution in [-0.4, -0.2) is 40.3 Å². The number of rotatable bonds is 7. The van der Waals surface area contributed by atoms with Crippen molar-refractivity contribution in [2.24, 2.45) is 5.92 Å². The highest BCUT2D eigenvalue weighted by molar-refractivity contribution is 7.89. The van der Waals surface area contributed by atoms with Gasteiger partial charge in [-0.1, -0.05) is 48.7 Å². The van der Waals surface area contributed by atoms with Gasteiger partial charge in [0.25, 0.3) is 10.1 Å². The van der Waals surface area contributed by atoms with Crippen LogP contribution in [0.3, 0.4) is 0 Å². The first-order valence-electron chi connectivity index (χ1n) is 10.2. The number of hydrogen-bond acceptors (Lipinski definition) is 5. The number of benzene rings is 2. The second-order valence-electron chi connectivity index (χ2n) is 7.86. The van der Waals surface area contributed by atoms with Crippen molar-refractivity contribution in [1.29, 1.82) is 0 Å². The Labute approximate surface area is 180 Å². The lowest BCUT2D eigenvalue weighted by molar-refractivity contribution is 0.116. The van der Waals surface area contributed by atoms with Crippen LogP contribution in [0.4, 0.5) is 0 Å². The molecule has 0 N–H and O–H groups in total. The van der Waals surface area contributed by atoms with E-state index in [4.69, 9.17) is 4.18 Å². The van der Waals surface area contributed by atoms with Crippen molar-refractivity contribution >= 4 is 20.1 Å². The number of aryl methyl sites for hydroxylation is 2. The third-order valence-electron chi connectivity index (χ3n) is 5.72. The average molecular weight is 452 g/mol. The first kappa shape index (κ1) is 22.9. The summed E-state index contributed by atoms with van der Waals surface area (Å²) in [4.78, 5) is 0.293. The molecule has 0 unspecified atom stereocenters. The summed E-state index contributed by atoms with van der Waals surface area (Å²) in [5.74, 6) is 0.0344. The van der Waals surface area contributed by atoms with E-state index in [1.165, 1.54) is 16.4 Å². The minimum atomic E-state index is -3.97. The summed E-state index contributed by atoms with van der Waals surface area (Å²) in [5, 5.41) is 0. The molecular weight excluding hydrogens is 422 g/mol. The van der Waals surface area contributed by atoms with Crippen LogP contribution in [0.15, 0.2) is 58.3 Å². The maximum Gasteiger partial charge on any atom is 0.297 e. The molecule has 0 bridgehead atoms. The molecule has 0 radical (unpaired) electrons. The summed E-state index contributed by atoms with van der Waals surface area (Å²) in [6.07, 6.45) is 2.33. The standard InChI is InChI=1S/C22H29NO5S2/c1-4-19-6-5-15-23(29(24,25)20-11-7-17(2)8-12-20)22(19)16-28-30(26,27)21-13-9-18(3)10-14-21/h7-14,19,22H,4-6,15-16H2,1-3H3/t19-,22-/m1/s1. The predicted octanol–water partition coefficient (Wildman–Crippen LogP) is 3.89. The van der Waals surface area contributed by atoms with Crippen molar-refractivity contribution in [1.82, 2.24) is 4.31 Å². The predicted molar refractivity (Wildman–Crippen MR) is 116 cm³/mol. The molecule has 1 fully saturated rings. The van der Waals surface area contributed by atoms with Crippen LogP contribution < -0.4 is 0 Å². The zero-order chi connectivity index (χ0) is 21.9. The molecule has 164 valence electrons. The van der Waals surface area contributed by atoms with E-state index in [-0.39, 0.29) is 22.3 Å². The lowest BCUT2D eigenvalue weighted by Gasteiger charge is -2.39. The molecule has 1 saturated heterocycles. The van der Waals surface area contributed by atoms with E-state index >= 15 is 0 Å². The number of sulfonamides is 1. The Kier molecular flexibility index (Phi) is 7.02. The lowest BCUT2D eigenvalue weighted by atomic mass is 9.89. The Hall–Kier alpha value is -1.74. The Morgan fingerprint density at radius 2 is 1.43 bits per heavy atom. The molecule has 2 aromatic carbocycles. The zero-order valence-corrected chi connectivity index (χ0v) is 19.2. The molecule has 1 aliphatic heterocycles. The fraction of sp³-hybridized carbons (Fsp3) is 0.455. The van der Waals surface area contributed by atoms with Gasteiger partial charge in [0.1, 0.15) is 0 Å². The Morgan fingerprint density at radius 1 is 0.900 bits per heavy atom. The smallest absolute Gasteiger partial charge is 0.265 e. The van der Waals surface area contributed by atoms with E-state index < -0.39 is 26.2 Å². The van der Waals surface area contributed by atoms with Gasteiger partial charge in [0, 0.05) is 6.54 Å². The maximum absolute atomic E-state index is 13.3. The van der Waals surface area contributed by atoms with E-state index in [1.807, 2.05) is 20.8 Å². The van der Waals surface area contributed by atoms with Gasteiger partial charge >= 0.3 is 0 Å². The van der Waals surface area contributed by atoms with E-state index in [9.17, 15) is 16.8 Å². The van der Waals surface area contributed by atoms with E-state index in [0.717, 1.165) is 30.4 Å². The molecule has 2 atom stereocenters. The highest BCUT2D eigenvalue weighted by Gasteiger charge is 2.39. The third kappa shape index (κ3) is 4.94. The molecule has 0 amide bonds. The van der Waals surface area contributed by atoms with Gasteiger partial charge in [0.2, 0.25) is 10.0 Å². The van der Waals surface area contributed by atoms with E-state index in [1.54, 1.807) is 36.4 Å². The monoisotopic (exact) mass is 451 g/mol. The minimum Gasteiger partial charge on any atom is -0.265 e. The van der Waals surface area contributed by atoms with Crippen molar-refractivity contribution in [3.05, 3.63) is 59.7 Å². The fourth-order valence-corrected chi connectivity index (χ4v) is 6.51. The molecule has 3 rings (SSSR count). The van der Waals surface area contributed by atoms with Gasteiger partial charge in [-0.3, -0.25) is 4.18 Å². The lowest BCUT2D eigenvalue weighted by Crippen LogP contribution is -2.50. The quantitative estimate of drug-likeness (QED) is 0.597. The van der Waals surface area contributed by atoms with E-state index in [2.05, 4.69) is 0 Å². The molecule has 8 heteroatoms. The van der Waals surface area contributed by atoms with Crippen molar-refractivity contribution < 1.29 is 21.0 Å². The molecule has 30 heavy (non-hydrogen) atoms. The summed E-state index contributed by atoms with van der Waals surface area (Å²) in [6, 6.07) is 12.6. The van der Waals surface area contributed by atoms with Crippen LogP contribution in [0, 0.1) is 19.8 Å². The SMILES string of the molecule is CC[C@@H]1CCCN(S(=O)(=O)c2ccc(C)cc2)[C@@H]1COS(=O)(=O)c1ccc(C)cc1. The second kappa shape index (κ2) is 9.18. The first-order valence-corrected chi connectivity index (χ1v) is 13.0. The van der Waals surface area contributed by atoms with Gasteiger partial charge < -0.3 is 0 Å². The molecule has 0 aromatic heterocycles. The van der Waals surface area contributed by atoms with Gasteiger partial charge in [0.15, 0.2) is 0 Å². The van der Waals surface area contributed by atoms with Crippen molar-refractivity contribution in [3.8, 4) is 0 Å². The summed E-state index contributed by atoms with van der Waals surface area (Å²) in [6.45, 7) is 5.93. The van der Waals surface area contributed by atoms with Crippen molar-refractivity contribution in [2.75, 3.05) is 13.2 Å². The summed E-state index contributed by atoms with van der Waals surface area (Å²) < 4.78 is 58.8. The summed E-state index contributed by atoms with van der Waals surface area (Å²) in [5.41, 5.74) is 1.92. The Bertz CT molecular complexity index is 1060. The molecule has 6 nitrogen and oxygen atoms in total. The minimum absolute atomic E-state index is 0.0344. The zero-order valence-electron chi connectivity index (χ0n) is 17.6. The van der Waals surface area contributed by atoms with Crippen LogP contribution in [0.5, 0.6) is 0 Å². The van der Waals surface area contributed by atoms with Gasteiger partial charge in [-0.15, -0.1) is 0 Å². The van der Waals surface area contributed by atoms with Crippen LogP contribution in [0.25, 0.3) is 0 Å². The van der Waals surface area contributed by atoms with Crippen molar-refractivity contribution in [2.45, 2.75) is 55.9 Å².